The zero-order valence-corrected chi connectivity index (χ0v) is 12.5. The maximum absolute atomic E-state index is 13.2. The molecule has 1 fully saturated rings. The van der Waals surface area contributed by atoms with E-state index in [1.807, 2.05) is 0 Å². The zero-order valence-electron chi connectivity index (χ0n) is 11.7. The van der Waals surface area contributed by atoms with Gasteiger partial charge >= 0.3 is 6.09 Å². The molecule has 6 nitrogen and oxygen atoms in total. The Morgan fingerprint density at radius 2 is 2.09 bits per heavy atom. The van der Waals surface area contributed by atoms with Crippen molar-refractivity contribution in [2.24, 2.45) is 0 Å². The fourth-order valence-electron chi connectivity index (χ4n) is 2.25. The van der Waals surface area contributed by atoms with Gasteiger partial charge in [-0.3, -0.25) is 4.79 Å². The van der Waals surface area contributed by atoms with Crippen molar-refractivity contribution in [3.63, 3.8) is 0 Å². The first kappa shape index (κ1) is 16.4. The Kier molecular flexibility index (Phi) is 5.43. The van der Waals surface area contributed by atoms with E-state index in [2.05, 4.69) is 5.32 Å². The van der Waals surface area contributed by atoms with Crippen LogP contribution in [-0.4, -0.2) is 47.7 Å². The summed E-state index contributed by atoms with van der Waals surface area (Å²) in [5.74, 6) is -0.589. The Morgan fingerprint density at radius 1 is 1.41 bits per heavy atom. The first-order chi connectivity index (χ1) is 10.5. The van der Waals surface area contributed by atoms with E-state index in [4.69, 9.17) is 21.4 Å². The van der Waals surface area contributed by atoms with E-state index in [0.717, 1.165) is 6.07 Å². The smallest absolute Gasteiger partial charge is 0.404 e. The van der Waals surface area contributed by atoms with Crippen LogP contribution in [0.25, 0.3) is 0 Å². The third-order valence-electron chi connectivity index (χ3n) is 3.43. The minimum atomic E-state index is -1.06. The van der Waals surface area contributed by atoms with E-state index < -0.39 is 11.9 Å². The SMILES string of the molecule is O=C(O)NC1CCN(C(=O)COc2ccc(Cl)c(F)c2)CC1. The van der Waals surface area contributed by atoms with Crippen LogP contribution in [0.1, 0.15) is 12.8 Å². The lowest BCUT2D eigenvalue weighted by atomic mass is 10.1. The van der Waals surface area contributed by atoms with Gasteiger partial charge in [0.1, 0.15) is 11.6 Å². The molecule has 0 radical (unpaired) electrons. The van der Waals surface area contributed by atoms with E-state index in [1.54, 1.807) is 4.90 Å². The Hall–Kier alpha value is -2.02. The predicted molar refractivity (Wildman–Crippen MR) is 77.7 cm³/mol. The average molecular weight is 331 g/mol. The highest BCUT2D eigenvalue weighted by molar-refractivity contribution is 6.30. The van der Waals surface area contributed by atoms with Crippen LogP contribution < -0.4 is 10.1 Å². The van der Waals surface area contributed by atoms with Crippen LogP contribution in [0.15, 0.2) is 18.2 Å². The number of benzene rings is 1. The summed E-state index contributed by atoms with van der Waals surface area (Å²) in [4.78, 5) is 24.1. The van der Waals surface area contributed by atoms with E-state index in [9.17, 15) is 14.0 Å². The van der Waals surface area contributed by atoms with E-state index in [0.29, 0.717) is 25.9 Å². The molecule has 1 saturated heterocycles. The minimum absolute atomic E-state index is 0.00770. The second-order valence-electron chi connectivity index (χ2n) is 4.97. The van der Waals surface area contributed by atoms with E-state index in [-0.39, 0.29) is 29.3 Å². The number of hydrogen-bond donors (Lipinski definition) is 2. The van der Waals surface area contributed by atoms with Gasteiger partial charge in [-0.1, -0.05) is 11.6 Å². The summed E-state index contributed by atoms with van der Waals surface area (Å²) in [6.45, 7) is 0.725. The van der Waals surface area contributed by atoms with Gasteiger partial charge < -0.3 is 20.1 Å². The topological polar surface area (TPSA) is 78.9 Å². The summed E-state index contributed by atoms with van der Waals surface area (Å²) < 4.78 is 18.5. The molecule has 1 heterocycles. The lowest BCUT2D eigenvalue weighted by Gasteiger charge is -2.31. The third-order valence-corrected chi connectivity index (χ3v) is 3.74. The molecule has 1 aliphatic rings. The summed E-state index contributed by atoms with van der Waals surface area (Å²) in [6.07, 6.45) is 0.0687. The predicted octanol–water partition coefficient (Wildman–Crippen LogP) is 2.12. The summed E-state index contributed by atoms with van der Waals surface area (Å²) in [5, 5.41) is 11.0. The van der Waals surface area contributed by atoms with Crippen LogP contribution in [0.3, 0.4) is 0 Å². The van der Waals surface area contributed by atoms with Crippen LogP contribution in [0.5, 0.6) is 5.75 Å². The molecule has 120 valence electrons. The fourth-order valence-corrected chi connectivity index (χ4v) is 2.37. The highest BCUT2D eigenvalue weighted by atomic mass is 35.5. The molecule has 1 aromatic carbocycles. The number of halogens is 2. The van der Waals surface area contributed by atoms with Gasteiger partial charge in [0.05, 0.1) is 5.02 Å². The number of amides is 2. The Morgan fingerprint density at radius 3 is 2.68 bits per heavy atom. The molecule has 0 bridgehead atoms. The molecule has 2 amide bonds. The summed E-state index contributed by atoms with van der Waals surface area (Å²) >= 11 is 5.56. The van der Waals surface area contributed by atoms with Crippen molar-refractivity contribution in [1.29, 1.82) is 0 Å². The molecule has 0 aliphatic carbocycles. The molecule has 1 aliphatic heterocycles. The largest absolute Gasteiger partial charge is 0.484 e. The standard InChI is InChI=1S/C14H16ClFN2O4/c15-11-2-1-10(7-12(11)16)22-8-13(19)18-5-3-9(4-6-18)17-14(20)21/h1-2,7,9,17H,3-6,8H2,(H,20,21). The van der Waals surface area contributed by atoms with E-state index in [1.165, 1.54) is 12.1 Å². The van der Waals surface area contributed by atoms with Crippen LogP contribution in [-0.2, 0) is 4.79 Å². The third kappa shape index (κ3) is 4.49. The van der Waals surface area contributed by atoms with Crippen LogP contribution in [0.2, 0.25) is 5.02 Å². The quantitative estimate of drug-likeness (QED) is 0.886. The Bertz CT molecular complexity index is 562. The number of rotatable bonds is 4. The van der Waals surface area contributed by atoms with Gasteiger partial charge in [0.2, 0.25) is 0 Å². The monoisotopic (exact) mass is 330 g/mol. The lowest BCUT2D eigenvalue weighted by molar-refractivity contribution is -0.134. The van der Waals surface area contributed by atoms with Crippen molar-refractivity contribution in [2.75, 3.05) is 19.7 Å². The molecule has 2 rings (SSSR count). The molecular weight excluding hydrogens is 315 g/mol. The molecule has 1 aromatic rings. The number of hydrogen-bond acceptors (Lipinski definition) is 3. The van der Waals surface area contributed by atoms with Gasteiger partial charge in [0.15, 0.2) is 6.61 Å². The highest BCUT2D eigenvalue weighted by Gasteiger charge is 2.23. The van der Waals surface area contributed by atoms with Crippen molar-refractivity contribution < 1.29 is 23.8 Å². The molecule has 0 atom stereocenters. The average Bonchev–Trinajstić information content (AvgIpc) is 2.48. The molecule has 0 spiro atoms. The maximum atomic E-state index is 13.2. The molecule has 0 aromatic heterocycles. The molecule has 0 unspecified atom stereocenters. The molecule has 22 heavy (non-hydrogen) atoms. The van der Waals surface area contributed by atoms with Crippen molar-refractivity contribution in [2.45, 2.75) is 18.9 Å². The van der Waals surface area contributed by atoms with Crippen molar-refractivity contribution >= 4 is 23.6 Å². The van der Waals surface area contributed by atoms with Crippen LogP contribution >= 0.6 is 11.6 Å². The van der Waals surface area contributed by atoms with E-state index >= 15 is 0 Å². The second kappa shape index (κ2) is 7.31. The first-order valence-corrected chi connectivity index (χ1v) is 7.18. The number of carbonyl (C=O) groups is 2. The fraction of sp³-hybridized carbons (Fsp3) is 0.429. The molecular formula is C14H16ClFN2O4. The number of likely N-dealkylation sites (tertiary alicyclic amines) is 1. The molecule has 0 saturated carbocycles. The normalized spacial score (nSPS) is 15.5. The minimum Gasteiger partial charge on any atom is -0.484 e. The van der Waals surface area contributed by atoms with Crippen molar-refractivity contribution in [1.82, 2.24) is 10.2 Å². The summed E-state index contributed by atoms with van der Waals surface area (Å²) in [6, 6.07) is 3.84. The zero-order chi connectivity index (χ0) is 16.1. The maximum Gasteiger partial charge on any atom is 0.404 e. The Balaban J connectivity index is 1.78. The van der Waals surface area contributed by atoms with Crippen molar-refractivity contribution in [3.05, 3.63) is 29.0 Å². The van der Waals surface area contributed by atoms with Gasteiger partial charge in [0.25, 0.3) is 5.91 Å². The molecule has 2 N–H and O–H groups in total. The number of carboxylic acid groups (broad SMARTS) is 1. The summed E-state index contributed by atoms with van der Waals surface area (Å²) in [7, 11) is 0. The highest BCUT2D eigenvalue weighted by Crippen LogP contribution is 2.20. The number of ether oxygens (including phenoxy) is 1. The Labute approximate surface area is 131 Å². The van der Waals surface area contributed by atoms with Crippen LogP contribution in [0, 0.1) is 5.82 Å². The number of piperidine rings is 1. The number of nitrogens with one attached hydrogen (secondary N) is 1. The van der Waals surface area contributed by atoms with Crippen molar-refractivity contribution in [3.8, 4) is 5.75 Å². The van der Waals surface area contributed by atoms with Gasteiger partial charge in [-0.2, -0.15) is 0 Å². The van der Waals surface area contributed by atoms with Crippen LogP contribution in [0.4, 0.5) is 9.18 Å². The number of carbonyl (C=O) groups excluding carboxylic acids is 1. The first-order valence-electron chi connectivity index (χ1n) is 6.81. The lowest BCUT2D eigenvalue weighted by Crippen LogP contribution is -2.47. The van der Waals surface area contributed by atoms with Gasteiger partial charge in [-0.25, -0.2) is 9.18 Å². The van der Waals surface area contributed by atoms with Gasteiger partial charge in [-0.05, 0) is 25.0 Å². The molecule has 8 heteroatoms. The summed E-state index contributed by atoms with van der Waals surface area (Å²) in [5.41, 5.74) is 0. The van der Waals surface area contributed by atoms with Gasteiger partial charge in [0, 0.05) is 25.2 Å². The number of nitrogens with zero attached hydrogens (tertiary/aromatic N) is 1. The van der Waals surface area contributed by atoms with Gasteiger partial charge in [-0.15, -0.1) is 0 Å². The second-order valence-corrected chi connectivity index (χ2v) is 5.38.